The van der Waals surface area contributed by atoms with Gasteiger partial charge in [-0.2, -0.15) is 0 Å². The highest BCUT2D eigenvalue weighted by Gasteiger charge is 2.78. The van der Waals surface area contributed by atoms with Gasteiger partial charge in [-0.15, -0.1) is 5.10 Å². The first-order valence-corrected chi connectivity index (χ1v) is 27.5. The molecule has 2 bridgehead atoms. The van der Waals surface area contributed by atoms with Crippen LogP contribution in [-0.4, -0.2) is 158 Å². The van der Waals surface area contributed by atoms with E-state index in [1.165, 1.54) is 52.0 Å². The van der Waals surface area contributed by atoms with Crippen LogP contribution >= 0.6 is 0 Å². The number of Topliss-reactive ketones (excluding diaryl/α,β-unsaturated/α-hetero) is 1. The number of benzene rings is 2. The molecule has 3 aliphatic carbocycles. The number of ketones is 1. The third-order valence-corrected chi connectivity index (χ3v) is 16.1. The summed E-state index contributed by atoms with van der Waals surface area (Å²) in [4.78, 5) is 109. The van der Waals surface area contributed by atoms with Crippen LogP contribution in [0.3, 0.4) is 0 Å². The summed E-state index contributed by atoms with van der Waals surface area (Å²) < 4.78 is 43.2. The van der Waals surface area contributed by atoms with Gasteiger partial charge in [0.05, 0.1) is 35.3 Å². The summed E-state index contributed by atoms with van der Waals surface area (Å²) in [5, 5.41) is 52.0. The second-order valence-corrected chi connectivity index (χ2v) is 23.2. The molecule has 0 spiro atoms. The van der Waals surface area contributed by atoms with E-state index in [0.717, 1.165) is 19.8 Å². The number of nitrogens with zero attached hydrogens (tertiary/aromatic N) is 3. The van der Waals surface area contributed by atoms with Crippen LogP contribution in [0.5, 0.6) is 0 Å². The standard InChI is InChI=1S/C58H76N6O18/c1-33-38(28-58(75)50(80-51(72)36-21-14-10-15-22-36)48-56(8,49(71)46(70)44(33)55(58,6)7)39(66)27-40-57(48,32-77-40)81-34(2)65)78-52(73)47(45(35-19-12-9-13-20-35)61-53(74)82-54(3,4)5)79-43(69)31-76-30-42(68)60-25-18-23-37-29-64(63-62-37)26-17-11-16-24-41(59)67/h9-10,12-15,19-22,29,38-40,45-48,50,66,70,75H,11,16-18,23-28,30-32H2,1-8H3,(H2,59,67)(H,60,68)(H,61,74)/t38-,39-,40+,45-,46+,47+,48-,50-,56+,57-,58+/m0/s1. The van der Waals surface area contributed by atoms with Crippen LogP contribution < -0.4 is 16.4 Å². The first-order chi connectivity index (χ1) is 38.6. The van der Waals surface area contributed by atoms with E-state index >= 15 is 9.59 Å². The van der Waals surface area contributed by atoms with Crippen LogP contribution in [0.4, 0.5) is 4.79 Å². The number of ether oxygens (including phenoxy) is 7. The molecule has 82 heavy (non-hydrogen) atoms. The zero-order chi connectivity index (χ0) is 60.0. The number of nitrogens with one attached hydrogen (secondary N) is 2. The number of aliphatic hydroxyl groups excluding tert-OH is 2. The number of aromatic nitrogens is 3. The fourth-order valence-electron chi connectivity index (χ4n) is 11.9. The Balaban J connectivity index is 1.16. The summed E-state index contributed by atoms with van der Waals surface area (Å²) in [6.07, 6.45) is -6.91. The molecule has 24 nitrogen and oxygen atoms in total. The number of carbonyl (C=O) groups excluding carboxylic acids is 8. The fraction of sp³-hybridized carbons (Fsp3) is 0.586. The second kappa shape index (κ2) is 25.6. The van der Waals surface area contributed by atoms with Gasteiger partial charge in [0.2, 0.25) is 17.9 Å². The number of esters is 4. The number of rotatable bonds is 23. The summed E-state index contributed by atoms with van der Waals surface area (Å²) in [6.45, 7) is 10.8. The lowest BCUT2D eigenvalue weighted by Gasteiger charge is -2.67. The molecule has 7 N–H and O–H groups in total. The van der Waals surface area contributed by atoms with Crippen molar-refractivity contribution in [1.82, 2.24) is 25.6 Å². The van der Waals surface area contributed by atoms with Crippen molar-refractivity contribution in [2.45, 2.75) is 173 Å². The Morgan fingerprint density at radius 3 is 2.24 bits per heavy atom. The maximum absolute atomic E-state index is 15.3. The Hall–Kier alpha value is -7.12. The molecular weight excluding hydrogens is 1070 g/mol. The number of amides is 3. The van der Waals surface area contributed by atoms with E-state index in [1.807, 2.05) is 0 Å². The van der Waals surface area contributed by atoms with Gasteiger partial charge in [0, 0.05) is 50.9 Å². The van der Waals surface area contributed by atoms with Gasteiger partial charge in [0.15, 0.2) is 11.4 Å². The summed E-state index contributed by atoms with van der Waals surface area (Å²) >= 11 is 0. The summed E-state index contributed by atoms with van der Waals surface area (Å²) in [5.74, 6) is -7.81. The predicted molar refractivity (Wildman–Crippen MR) is 287 cm³/mol. The van der Waals surface area contributed by atoms with E-state index in [-0.39, 0.29) is 47.8 Å². The Bertz CT molecular complexity index is 2870. The number of unbranched alkanes of at least 4 members (excludes halogenated alkanes) is 2. The van der Waals surface area contributed by atoms with Gasteiger partial charge in [0.1, 0.15) is 54.9 Å². The van der Waals surface area contributed by atoms with E-state index in [4.69, 9.17) is 38.9 Å². The molecule has 1 aromatic heterocycles. The van der Waals surface area contributed by atoms with Crippen LogP contribution in [0.15, 0.2) is 78.0 Å². The highest BCUT2D eigenvalue weighted by Crippen LogP contribution is 2.64. The third-order valence-electron chi connectivity index (χ3n) is 16.1. The lowest BCUT2D eigenvalue weighted by atomic mass is 9.44. The van der Waals surface area contributed by atoms with E-state index in [9.17, 15) is 44.1 Å². The van der Waals surface area contributed by atoms with Gasteiger partial charge in [0.25, 0.3) is 0 Å². The predicted octanol–water partition coefficient (Wildman–Crippen LogP) is 3.21. The van der Waals surface area contributed by atoms with Crippen molar-refractivity contribution in [3.63, 3.8) is 0 Å². The fourth-order valence-corrected chi connectivity index (χ4v) is 11.9. The molecule has 1 aliphatic heterocycles. The van der Waals surface area contributed by atoms with Gasteiger partial charge in [-0.05, 0) is 89.1 Å². The monoisotopic (exact) mass is 1140 g/mol. The number of primary amides is 1. The zero-order valence-corrected chi connectivity index (χ0v) is 47.5. The Labute approximate surface area is 475 Å². The third kappa shape index (κ3) is 13.5. The normalized spacial score (nSPS) is 27.1. The first-order valence-electron chi connectivity index (χ1n) is 27.5. The number of alkyl carbamates (subject to hydrolysis) is 1. The maximum Gasteiger partial charge on any atom is 0.408 e. The van der Waals surface area contributed by atoms with Gasteiger partial charge in [-0.1, -0.05) is 74.0 Å². The van der Waals surface area contributed by atoms with Crippen molar-refractivity contribution in [2.24, 2.45) is 22.5 Å². The lowest BCUT2D eigenvalue weighted by Crippen LogP contribution is -2.81. The van der Waals surface area contributed by atoms with Gasteiger partial charge >= 0.3 is 30.0 Å². The minimum atomic E-state index is -2.49. The van der Waals surface area contributed by atoms with Crippen molar-refractivity contribution in [1.29, 1.82) is 0 Å². The quantitative estimate of drug-likeness (QED) is 0.0343. The van der Waals surface area contributed by atoms with Crippen molar-refractivity contribution >= 4 is 47.6 Å². The van der Waals surface area contributed by atoms with Crippen LogP contribution in [-0.2, 0) is 74.9 Å². The molecule has 0 unspecified atom stereocenters. The summed E-state index contributed by atoms with van der Waals surface area (Å²) in [6, 6.07) is 14.1. The van der Waals surface area contributed by atoms with Crippen molar-refractivity contribution in [3.8, 4) is 0 Å². The lowest BCUT2D eigenvalue weighted by molar-refractivity contribution is -0.346. The van der Waals surface area contributed by atoms with Crippen molar-refractivity contribution in [2.75, 3.05) is 26.4 Å². The smallest absolute Gasteiger partial charge is 0.408 e. The van der Waals surface area contributed by atoms with E-state index in [1.54, 1.807) is 68.0 Å². The molecule has 24 heteroatoms. The topological polar surface area (TPSA) is 343 Å². The largest absolute Gasteiger partial charge is 0.455 e. The molecule has 0 radical (unpaired) electrons. The van der Waals surface area contributed by atoms with Gasteiger partial charge in [-0.25, -0.2) is 19.2 Å². The molecule has 3 aromatic rings. The molecule has 2 aromatic carbocycles. The first kappa shape index (κ1) is 62.5. The number of nitrogens with two attached hydrogens (primary N) is 1. The summed E-state index contributed by atoms with van der Waals surface area (Å²) in [5.41, 5.74) is -3.12. The highest BCUT2D eigenvalue weighted by molar-refractivity contribution is 5.94. The van der Waals surface area contributed by atoms with Gasteiger partial charge in [-0.3, -0.25) is 23.9 Å². The number of hydrogen-bond acceptors (Lipinski definition) is 20. The van der Waals surface area contributed by atoms with E-state index in [0.29, 0.717) is 37.9 Å². The maximum atomic E-state index is 15.3. The molecule has 446 valence electrons. The van der Waals surface area contributed by atoms with Crippen molar-refractivity contribution < 1.29 is 86.8 Å². The number of aryl methyl sites for hydroxylation is 2. The Kier molecular flexibility index (Phi) is 19.5. The Morgan fingerprint density at radius 2 is 1.61 bits per heavy atom. The molecule has 2 heterocycles. The summed E-state index contributed by atoms with van der Waals surface area (Å²) in [7, 11) is 0. The molecule has 3 amide bonds. The SMILES string of the molecule is CC(=O)O[C@@]12CO[C@@H]1C[C@H](O)[C@@]1(C)C(=O)[C@H](O)C3=C(C)[C@@H](OC(=O)[C@H](OC(=O)COCC(=O)NCCCc4cn(CCCCCC(N)=O)nn4)[C@@H](NC(=O)OC(C)(C)C)c4ccccc4)C[C@@](O)([C@@H](OC(=O)c4ccccc4)[C@H]21)C3(C)C. The average Bonchev–Trinajstić information content (AvgIpc) is 0.839. The minimum absolute atomic E-state index is 0.0279. The van der Waals surface area contributed by atoms with Crippen LogP contribution in [0.25, 0.3) is 0 Å². The molecule has 1 saturated heterocycles. The molecule has 7 rings (SSSR count). The van der Waals surface area contributed by atoms with Crippen LogP contribution in [0, 0.1) is 16.7 Å². The number of fused-ring (bicyclic) bond motifs is 5. The number of hydrogen-bond donors (Lipinski definition) is 6. The van der Waals surface area contributed by atoms with E-state index < -0.39 is 138 Å². The average molecular weight is 1150 g/mol. The van der Waals surface area contributed by atoms with Crippen molar-refractivity contribution in [3.05, 3.63) is 94.8 Å². The molecule has 2 saturated carbocycles. The van der Waals surface area contributed by atoms with Gasteiger partial charge < -0.3 is 64.8 Å². The molecule has 3 fully saturated rings. The second-order valence-electron chi connectivity index (χ2n) is 23.2. The highest BCUT2D eigenvalue weighted by atomic mass is 16.6. The van der Waals surface area contributed by atoms with Crippen LogP contribution in [0.1, 0.15) is 128 Å². The Morgan fingerprint density at radius 1 is 0.927 bits per heavy atom. The molecule has 11 atom stereocenters. The van der Waals surface area contributed by atoms with Crippen LogP contribution in [0.2, 0.25) is 0 Å². The molecular formula is C58H76N6O18. The zero-order valence-electron chi connectivity index (χ0n) is 47.5. The number of carbonyl (C=O) groups is 8. The minimum Gasteiger partial charge on any atom is -0.455 e. The van der Waals surface area contributed by atoms with E-state index in [2.05, 4.69) is 20.9 Å². The molecule has 4 aliphatic rings. The number of aliphatic hydroxyl groups is 3.